The van der Waals surface area contributed by atoms with E-state index in [1.165, 1.54) is 6.92 Å². The number of rotatable bonds is 6. The van der Waals surface area contributed by atoms with Crippen molar-refractivity contribution in [2.45, 2.75) is 13.0 Å². The molecule has 0 aromatic heterocycles. The van der Waals surface area contributed by atoms with E-state index in [-0.39, 0.29) is 6.61 Å². The highest BCUT2D eigenvalue weighted by atomic mass is 79.9. The zero-order valence-corrected chi connectivity index (χ0v) is 14.0. The lowest BCUT2D eigenvalue weighted by Crippen LogP contribution is -2.47. The number of amides is 1. The molecule has 1 atom stereocenters. The molecular formula is C17H15BrNO4-. The number of ether oxygens (including phenoxy) is 1. The number of carboxylic acid groups (broad SMARTS) is 1. The van der Waals surface area contributed by atoms with E-state index in [0.717, 1.165) is 11.1 Å². The van der Waals surface area contributed by atoms with Gasteiger partial charge in [-0.2, -0.15) is 0 Å². The van der Waals surface area contributed by atoms with Crippen LogP contribution in [0.2, 0.25) is 0 Å². The highest BCUT2D eigenvalue weighted by Gasteiger charge is 2.10. The molecule has 0 saturated carbocycles. The fourth-order valence-corrected chi connectivity index (χ4v) is 2.41. The number of carboxylic acids is 1. The number of benzene rings is 2. The van der Waals surface area contributed by atoms with Crippen LogP contribution in [0.4, 0.5) is 0 Å². The van der Waals surface area contributed by atoms with Crippen molar-refractivity contribution < 1.29 is 19.4 Å². The molecule has 2 rings (SSSR count). The number of carbonyl (C=O) groups is 2. The van der Waals surface area contributed by atoms with Crippen molar-refractivity contribution in [3.05, 3.63) is 53.0 Å². The van der Waals surface area contributed by atoms with Gasteiger partial charge in [0.25, 0.3) is 5.91 Å². The summed E-state index contributed by atoms with van der Waals surface area (Å²) in [5.41, 5.74) is 2.08. The topological polar surface area (TPSA) is 78.5 Å². The third kappa shape index (κ3) is 4.82. The standard InChI is InChI=1S/C17H16BrNO4/c1-11(17(21)22)19-16(20)10-23-15-8-7-13(9-14(15)18)12-5-3-2-4-6-12/h2-9,11H,10H2,1H3,(H,19,20)(H,21,22)/p-1/t11-/m1/s1. The normalized spacial score (nSPS) is 11.6. The summed E-state index contributed by atoms with van der Waals surface area (Å²) in [5.74, 6) is -1.37. The Bertz CT molecular complexity index is 703. The van der Waals surface area contributed by atoms with Gasteiger partial charge >= 0.3 is 0 Å². The van der Waals surface area contributed by atoms with Crippen LogP contribution in [0.25, 0.3) is 11.1 Å². The van der Waals surface area contributed by atoms with E-state index in [0.29, 0.717) is 10.2 Å². The molecule has 23 heavy (non-hydrogen) atoms. The second-order valence-electron chi connectivity index (χ2n) is 4.91. The van der Waals surface area contributed by atoms with Crippen LogP contribution in [0.5, 0.6) is 5.75 Å². The highest BCUT2D eigenvalue weighted by molar-refractivity contribution is 9.10. The van der Waals surface area contributed by atoms with Gasteiger partial charge in [0.05, 0.1) is 16.5 Å². The van der Waals surface area contributed by atoms with Gasteiger partial charge in [0.15, 0.2) is 6.61 Å². The molecule has 0 radical (unpaired) electrons. The van der Waals surface area contributed by atoms with Crippen molar-refractivity contribution >= 4 is 27.8 Å². The number of carbonyl (C=O) groups excluding carboxylic acids is 2. The third-order valence-corrected chi connectivity index (χ3v) is 3.75. The van der Waals surface area contributed by atoms with Crippen LogP contribution in [-0.4, -0.2) is 24.5 Å². The van der Waals surface area contributed by atoms with Gasteiger partial charge in [-0.15, -0.1) is 0 Å². The Morgan fingerprint density at radius 2 is 1.87 bits per heavy atom. The molecule has 2 aromatic rings. The Hall–Kier alpha value is -2.34. The number of nitrogens with one attached hydrogen (secondary N) is 1. The summed E-state index contributed by atoms with van der Waals surface area (Å²) >= 11 is 3.41. The molecule has 0 aliphatic heterocycles. The van der Waals surface area contributed by atoms with E-state index in [2.05, 4.69) is 21.2 Å². The van der Waals surface area contributed by atoms with Gasteiger partial charge < -0.3 is 20.0 Å². The quantitative estimate of drug-likeness (QED) is 0.832. The number of aliphatic carboxylic acids is 1. The Balaban J connectivity index is 1.99. The van der Waals surface area contributed by atoms with E-state index >= 15 is 0 Å². The maximum atomic E-state index is 11.6. The first-order valence-electron chi connectivity index (χ1n) is 6.95. The van der Waals surface area contributed by atoms with E-state index in [4.69, 9.17) is 4.74 Å². The summed E-state index contributed by atoms with van der Waals surface area (Å²) in [6.45, 7) is 1.05. The smallest absolute Gasteiger partial charge is 0.258 e. The van der Waals surface area contributed by atoms with Crippen molar-refractivity contribution in [2.75, 3.05) is 6.61 Å². The first kappa shape index (κ1) is 17.0. The molecular weight excluding hydrogens is 362 g/mol. The van der Waals surface area contributed by atoms with Crippen LogP contribution in [0.15, 0.2) is 53.0 Å². The molecule has 120 valence electrons. The maximum absolute atomic E-state index is 11.6. The molecule has 0 spiro atoms. The fraction of sp³-hybridized carbons (Fsp3) is 0.176. The van der Waals surface area contributed by atoms with Crippen molar-refractivity contribution in [3.8, 4) is 16.9 Å². The summed E-state index contributed by atoms with van der Waals surface area (Å²) in [4.78, 5) is 22.1. The van der Waals surface area contributed by atoms with Crippen molar-refractivity contribution in [1.82, 2.24) is 5.32 Å². The van der Waals surface area contributed by atoms with E-state index in [9.17, 15) is 14.7 Å². The molecule has 6 heteroatoms. The summed E-state index contributed by atoms with van der Waals surface area (Å²) < 4.78 is 6.11. The molecule has 2 aromatic carbocycles. The highest BCUT2D eigenvalue weighted by Crippen LogP contribution is 2.30. The average Bonchev–Trinajstić information content (AvgIpc) is 2.54. The molecule has 1 N–H and O–H groups in total. The van der Waals surface area contributed by atoms with Gasteiger partial charge in [-0.3, -0.25) is 4.79 Å². The Morgan fingerprint density at radius 1 is 1.17 bits per heavy atom. The maximum Gasteiger partial charge on any atom is 0.258 e. The molecule has 0 bridgehead atoms. The number of hydrogen-bond donors (Lipinski definition) is 1. The lowest BCUT2D eigenvalue weighted by molar-refractivity contribution is -0.307. The van der Waals surface area contributed by atoms with Crippen LogP contribution in [0.1, 0.15) is 6.92 Å². The first-order valence-corrected chi connectivity index (χ1v) is 7.74. The molecule has 0 heterocycles. The lowest BCUT2D eigenvalue weighted by atomic mass is 10.1. The van der Waals surface area contributed by atoms with E-state index < -0.39 is 17.9 Å². The third-order valence-electron chi connectivity index (χ3n) is 3.13. The zero-order chi connectivity index (χ0) is 16.8. The second kappa shape index (κ2) is 7.78. The van der Waals surface area contributed by atoms with Gasteiger partial charge in [0, 0.05) is 0 Å². The Kier molecular flexibility index (Phi) is 5.76. The predicted octanol–water partition coefficient (Wildman–Crippen LogP) is 1.75. The zero-order valence-electron chi connectivity index (χ0n) is 12.4. The molecule has 0 aliphatic carbocycles. The van der Waals surface area contributed by atoms with Crippen molar-refractivity contribution in [3.63, 3.8) is 0 Å². The lowest BCUT2D eigenvalue weighted by Gasteiger charge is -2.15. The minimum Gasteiger partial charge on any atom is -0.548 e. The molecule has 5 nitrogen and oxygen atoms in total. The summed E-state index contributed by atoms with van der Waals surface area (Å²) in [6, 6.07) is 14.3. The van der Waals surface area contributed by atoms with Crippen LogP contribution in [-0.2, 0) is 9.59 Å². The van der Waals surface area contributed by atoms with Crippen LogP contribution in [0.3, 0.4) is 0 Å². The first-order chi connectivity index (χ1) is 11.0. The Morgan fingerprint density at radius 3 is 2.48 bits per heavy atom. The van der Waals surface area contributed by atoms with Gasteiger partial charge in [-0.25, -0.2) is 0 Å². The van der Waals surface area contributed by atoms with Crippen molar-refractivity contribution in [2.24, 2.45) is 0 Å². The van der Waals surface area contributed by atoms with Crippen LogP contribution < -0.4 is 15.2 Å². The monoisotopic (exact) mass is 376 g/mol. The Labute approximate surface area is 142 Å². The van der Waals surface area contributed by atoms with Gasteiger partial charge in [0.2, 0.25) is 0 Å². The van der Waals surface area contributed by atoms with Gasteiger partial charge in [0.1, 0.15) is 5.75 Å². The largest absolute Gasteiger partial charge is 0.548 e. The molecule has 0 aliphatic rings. The number of halogens is 1. The minimum atomic E-state index is -1.34. The minimum absolute atomic E-state index is 0.277. The summed E-state index contributed by atoms with van der Waals surface area (Å²) in [7, 11) is 0. The average molecular weight is 377 g/mol. The van der Waals surface area contributed by atoms with E-state index in [1.54, 1.807) is 6.07 Å². The van der Waals surface area contributed by atoms with Crippen molar-refractivity contribution in [1.29, 1.82) is 0 Å². The second-order valence-corrected chi connectivity index (χ2v) is 5.76. The molecule has 0 saturated heterocycles. The van der Waals surface area contributed by atoms with Gasteiger partial charge in [-0.05, 0) is 46.1 Å². The summed E-state index contributed by atoms with van der Waals surface area (Å²) in [5, 5.41) is 12.8. The van der Waals surface area contributed by atoms with Gasteiger partial charge in [-0.1, -0.05) is 36.4 Å². The van der Waals surface area contributed by atoms with E-state index in [1.807, 2.05) is 42.5 Å². The fourth-order valence-electron chi connectivity index (χ4n) is 1.91. The van der Waals surface area contributed by atoms with Crippen LogP contribution in [0, 0.1) is 0 Å². The summed E-state index contributed by atoms with van der Waals surface area (Å²) in [6.07, 6.45) is 0. The molecule has 0 fully saturated rings. The SMILES string of the molecule is C[C@@H](NC(=O)COc1ccc(-c2ccccc2)cc1Br)C(=O)[O-]. The van der Waals surface area contributed by atoms with Crippen LogP contribution >= 0.6 is 15.9 Å². The predicted molar refractivity (Wildman–Crippen MR) is 87.7 cm³/mol. The number of hydrogen-bond acceptors (Lipinski definition) is 4. The molecule has 0 unspecified atom stereocenters. The molecule has 1 amide bonds.